The van der Waals surface area contributed by atoms with E-state index in [1.54, 1.807) is 12.1 Å². The van der Waals surface area contributed by atoms with E-state index in [0.29, 0.717) is 22.8 Å². The Morgan fingerprint density at radius 2 is 1.56 bits per heavy atom. The number of hydrogen-bond donors (Lipinski definition) is 0. The Balaban J connectivity index is 1.98. The van der Waals surface area contributed by atoms with Gasteiger partial charge in [0.05, 0.1) is 27.8 Å². The average molecular weight is 379 g/mol. The van der Waals surface area contributed by atoms with Gasteiger partial charge in [-0.05, 0) is 50.8 Å². The quantitative estimate of drug-likeness (QED) is 0.678. The minimum Gasteiger partial charge on any atom is -0.493 e. The van der Waals surface area contributed by atoms with Crippen molar-refractivity contribution in [1.29, 1.82) is 0 Å². The van der Waals surface area contributed by atoms with Gasteiger partial charge >= 0.3 is 5.97 Å². The van der Waals surface area contributed by atoms with E-state index in [2.05, 4.69) is 0 Å². The highest BCUT2D eigenvalue weighted by molar-refractivity contribution is 5.82. The highest BCUT2D eigenvalue weighted by Gasteiger charge is 2.29. The molecule has 0 saturated carbocycles. The summed E-state index contributed by atoms with van der Waals surface area (Å²) in [5.41, 5.74) is 0.654. The SMILES string of the molecule is COc1cc(CC(=O)OCC(=O)N2[C@@H](C)CCC[C@@H]2C)cc(OC)c1OC. The molecule has 0 radical (unpaired) electrons. The molecule has 0 aliphatic carbocycles. The van der Waals surface area contributed by atoms with Gasteiger partial charge in [0.1, 0.15) is 0 Å². The Morgan fingerprint density at radius 1 is 1.00 bits per heavy atom. The molecular formula is C20H29NO6. The van der Waals surface area contributed by atoms with Crippen LogP contribution in [0.5, 0.6) is 17.2 Å². The zero-order chi connectivity index (χ0) is 20.0. The molecule has 1 aliphatic rings. The molecule has 2 rings (SSSR count). The van der Waals surface area contributed by atoms with Crippen LogP contribution in [0.2, 0.25) is 0 Å². The highest BCUT2D eigenvalue weighted by Crippen LogP contribution is 2.38. The minimum atomic E-state index is -0.477. The Hall–Kier alpha value is -2.44. The van der Waals surface area contributed by atoms with Crippen LogP contribution in [0.25, 0.3) is 0 Å². The van der Waals surface area contributed by atoms with Crippen molar-refractivity contribution >= 4 is 11.9 Å². The smallest absolute Gasteiger partial charge is 0.310 e. The summed E-state index contributed by atoms with van der Waals surface area (Å²) in [7, 11) is 4.54. The summed E-state index contributed by atoms with van der Waals surface area (Å²) < 4.78 is 21.1. The maximum atomic E-state index is 12.5. The zero-order valence-corrected chi connectivity index (χ0v) is 16.7. The molecule has 7 heteroatoms. The average Bonchev–Trinajstić information content (AvgIpc) is 2.65. The topological polar surface area (TPSA) is 74.3 Å². The van der Waals surface area contributed by atoms with Crippen molar-refractivity contribution in [3.63, 3.8) is 0 Å². The molecule has 0 bridgehead atoms. The van der Waals surface area contributed by atoms with Crippen molar-refractivity contribution in [2.45, 2.75) is 51.6 Å². The molecule has 150 valence electrons. The third-order valence-electron chi connectivity index (χ3n) is 4.91. The van der Waals surface area contributed by atoms with Crippen LogP contribution in [0.3, 0.4) is 0 Å². The predicted molar refractivity (Wildman–Crippen MR) is 100 cm³/mol. The van der Waals surface area contributed by atoms with Gasteiger partial charge in [-0.15, -0.1) is 0 Å². The molecule has 1 aliphatic heterocycles. The van der Waals surface area contributed by atoms with Crippen LogP contribution < -0.4 is 14.2 Å². The van der Waals surface area contributed by atoms with E-state index in [9.17, 15) is 9.59 Å². The molecule has 1 aromatic rings. The van der Waals surface area contributed by atoms with E-state index < -0.39 is 5.97 Å². The van der Waals surface area contributed by atoms with Crippen LogP contribution in [-0.4, -0.2) is 56.8 Å². The monoisotopic (exact) mass is 379 g/mol. The lowest BCUT2D eigenvalue weighted by molar-refractivity contribution is -0.154. The van der Waals surface area contributed by atoms with E-state index >= 15 is 0 Å². The first kappa shape index (κ1) is 20.9. The fourth-order valence-corrected chi connectivity index (χ4v) is 3.58. The van der Waals surface area contributed by atoms with Crippen LogP contribution in [0.1, 0.15) is 38.7 Å². The highest BCUT2D eigenvalue weighted by atomic mass is 16.5. The lowest BCUT2D eigenvalue weighted by atomic mass is 9.97. The number of carbonyl (C=O) groups is 2. The molecule has 0 N–H and O–H groups in total. The number of nitrogens with zero attached hydrogens (tertiary/aromatic N) is 1. The molecule has 7 nitrogen and oxygen atoms in total. The van der Waals surface area contributed by atoms with Gasteiger partial charge in [0, 0.05) is 12.1 Å². The molecule has 1 heterocycles. The maximum Gasteiger partial charge on any atom is 0.310 e. The molecule has 1 fully saturated rings. The Labute approximate surface area is 160 Å². The molecule has 1 aromatic carbocycles. The lowest BCUT2D eigenvalue weighted by Crippen LogP contribution is -2.49. The third-order valence-corrected chi connectivity index (χ3v) is 4.91. The van der Waals surface area contributed by atoms with Crippen molar-refractivity contribution < 1.29 is 28.5 Å². The first-order valence-electron chi connectivity index (χ1n) is 9.16. The van der Waals surface area contributed by atoms with E-state index in [1.807, 2.05) is 18.7 Å². The second kappa shape index (κ2) is 9.48. The molecule has 27 heavy (non-hydrogen) atoms. The van der Waals surface area contributed by atoms with Crippen LogP contribution in [0.4, 0.5) is 0 Å². The molecule has 1 saturated heterocycles. The fourth-order valence-electron chi connectivity index (χ4n) is 3.58. The second-order valence-corrected chi connectivity index (χ2v) is 6.80. The lowest BCUT2D eigenvalue weighted by Gasteiger charge is -2.38. The number of amides is 1. The molecule has 0 spiro atoms. The van der Waals surface area contributed by atoms with Gasteiger partial charge in [0.2, 0.25) is 5.75 Å². The van der Waals surface area contributed by atoms with Gasteiger partial charge in [-0.2, -0.15) is 0 Å². The summed E-state index contributed by atoms with van der Waals surface area (Å²) in [5.74, 6) is 0.765. The molecule has 0 unspecified atom stereocenters. The summed E-state index contributed by atoms with van der Waals surface area (Å²) in [4.78, 5) is 26.5. The summed E-state index contributed by atoms with van der Waals surface area (Å²) in [6.45, 7) is 3.83. The van der Waals surface area contributed by atoms with Gasteiger partial charge in [-0.25, -0.2) is 0 Å². The van der Waals surface area contributed by atoms with Crippen molar-refractivity contribution in [1.82, 2.24) is 4.90 Å². The van der Waals surface area contributed by atoms with Crippen molar-refractivity contribution in [2.75, 3.05) is 27.9 Å². The number of methoxy groups -OCH3 is 3. The number of hydrogen-bond acceptors (Lipinski definition) is 6. The van der Waals surface area contributed by atoms with Crippen LogP contribution in [-0.2, 0) is 20.7 Å². The first-order chi connectivity index (χ1) is 12.9. The third kappa shape index (κ3) is 5.05. The first-order valence-corrected chi connectivity index (χ1v) is 9.16. The van der Waals surface area contributed by atoms with E-state index in [-0.39, 0.29) is 31.0 Å². The van der Waals surface area contributed by atoms with Crippen molar-refractivity contribution in [3.05, 3.63) is 17.7 Å². The van der Waals surface area contributed by atoms with E-state index in [0.717, 1.165) is 19.3 Å². The number of piperidine rings is 1. The maximum absolute atomic E-state index is 12.5. The number of benzene rings is 1. The summed E-state index contributed by atoms with van der Waals surface area (Å²) in [6, 6.07) is 3.74. The standard InChI is InChI=1S/C20H29NO6/c1-13-7-6-8-14(2)21(13)18(22)12-27-19(23)11-15-9-16(24-3)20(26-5)17(10-15)25-4/h9-10,13-14H,6-8,11-12H2,1-5H3/t13-,14-/m0/s1. The van der Waals surface area contributed by atoms with Gasteiger partial charge in [-0.1, -0.05) is 0 Å². The number of rotatable bonds is 7. The van der Waals surface area contributed by atoms with E-state index in [4.69, 9.17) is 18.9 Å². The normalized spacial score (nSPS) is 19.4. The summed E-state index contributed by atoms with van der Waals surface area (Å²) in [5, 5.41) is 0. The Bertz CT molecular complexity index is 639. The van der Waals surface area contributed by atoms with Crippen molar-refractivity contribution in [3.8, 4) is 17.2 Å². The fraction of sp³-hybridized carbons (Fsp3) is 0.600. The molecule has 1 amide bonds. The second-order valence-electron chi connectivity index (χ2n) is 6.80. The summed E-state index contributed by atoms with van der Waals surface area (Å²) in [6.07, 6.45) is 3.09. The molecule has 0 aromatic heterocycles. The van der Waals surface area contributed by atoms with Crippen LogP contribution >= 0.6 is 0 Å². The van der Waals surface area contributed by atoms with Gasteiger partial charge < -0.3 is 23.8 Å². The number of ether oxygens (including phenoxy) is 4. The predicted octanol–water partition coefficient (Wildman–Crippen LogP) is 2.59. The Morgan fingerprint density at radius 3 is 2.04 bits per heavy atom. The minimum absolute atomic E-state index is 0.00903. The number of esters is 1. The Kier molecular flexibility index (Phi) is 7.33. The number of likely N-dealkylation sites (tertiary alicyclic amines) is 1. The largest absolute Gasteiger partial charge is 0.493 e. The van der Waals surface area contributed by atoms with Crippen LogP contribution in [0.15, 0.2) is 12.1 Å². The molecular weight excluding hydrogens is 350 g/mol. The number of carbonyl (C=O) groups excluding carboxylic acids is 2. The summed E-state index contributed by atoms with van der Waals surface area (Å²) >= 11 is 0. The molecule has 2 atom stereocenters. The van der Waals surface area contributed by atoms with Gasteiger partial charge in [0.15, 0.2) is 18.1 Å². The van der Waals surface area contributed by atoms with Crippen molar-refractivity contribution in [2.24, 2.45) is 0 Å². The van der Waals surface area contributed by atoms with Gasteiger partial charge in [0.25, 0.3) is 5.91 Å². The van der Waals surface area contributed by atoms with Crippen LogP contribution in [0, 0.1) is 0 Å². The van der Waals surface area contributed by atoms with E-state index in [1.165, 1.54) is 21.3 Å². The zero-order valence-electron chi connectivity index (χ0n) is 16.7. The van der Waals surface area contributed by atoms with Gasteiger partial charge in [-0.3, -0.25) is 9.59 Å².